The van der Waals surface area contributed by atoms with Crippen LogP contribution < -0.4 is 5.56 Å². The van der Waals surface area contributed by atoms with E-state index >= 15 is 0 Å². The van der Waals surface area contributed by atoms with Gasteiger partial charge in [-0.1, -0.05) is 0 Å². The van der Waals surface area contributed by atoms with Crippen LogP contribution in [0, 0.1) is 6.92 Å². The first-order chi connectivity index (χ1) is 7.09. The first-order valence-corrected chi connectivity index (χ1v) is 5.14. The molecule has 0 aliphatic carbocycles. The van der Waals surface area contributed by atoms with Crippen LogP contribution in [0.1, 0.15) is 31.9 Å². The summed E-state index contributed by atoms with van der Waals surface area (Å²) in [4.78, 5) is 22.0. The van der Waals surface area contributed by atoms with Gasteiger partial charge in [-0.25, -0.2) is 4.68 Å². The molecule has 1 rings (SSSR count). The minimum atomic E-state index is -0.0802. The van der Waals surface area contributed by atoms with Crippen LogP contribution >= 0.6 is 0 Å². The van der Waals surface area contributed by atoms with Gasteiger partial charge in [0, 0.05) is 19.0 Å². The number of carbonyl (C=O) groups is 1. The van der Waals surface area contributed by atoms with Crippen molar-refractivity contribution in [3.63, 3.8) is 0 Å². The minimum absolute atomic E-state index is 0.0802. The smallest absolute Gasteiger partial charge is 0.266 e. The second-order valence-corrected chi connectivity index (χ2v) is 3.70. The second kappa shape index (κ2) is 5.44. The monoisotopic (exact) mass is 208 g/mol. The predicted octanol–water partition coefficient (Wildman–Crippen LogP) is 1.31. The van der Waals surface area contributed by atoms with Gasteiger partial charge < -0.3 is 4.79 Å². The van der Waals surface area contributed by atoms with E-state index in [2.05, 4.69) is 5.10 Å². The fraction of sp³-hybridized carbons (Fsp3) is 0.545. The Hall–Kier alpha value is -1.45. The van der Waals surface area contributed by atoms with E-state index in [0.29, 0.717) is 13.0 Å². The van der Waals surface area contributed by atoms with Crippen molar-refractivity contribution in [1.82, 2.24) is 9.78 Å². The fourth-order valence-electron chi connectivity index (χ4n) is 1.35. The highest BCUT2D eigenvalue weighted by Crippen LogP contribution is 1.98. The van der Waals surface area contributed by atoms with E-state index in [9.17, 15) is 9.59 Å². The molecule has 0 amide bonds. The lowest BCUT2D eigenvalue weighted by Crippen LogP contribution is -2.22. The maximum absolute atomic E-state index is 11.3. The van der Waals surface area contributed by atoms with Crippen LogP contribution in [0.15, 0.2) is 16.9 Å². The Kier molecular flexibility index (Phi) is 4.21. The summed E-state index contributed by atoms with van der Waals surface area (Å²) in [7, 11) is 0. The molecule has 0 aliphatic rings. The molecule has 0 N–H and O–H groups in total. The highest BCUT2D eigenvalue weighted by molar-refractivity contribution is 5.75. The quantitative estimate of drug-likeness (QED) is 0.685. The molecule has 0 radical (unpaired) electrons. The van der Waals surface area contributed by atoms with E-state index in [1.807, 2.05) is 6.92 Å². The van der Waals surface area contributed by atoms with Gasteiger partial charge in [0.2, 0.25) is 0 Å². The van der Waals surface area contributed by atoms with Crippen molar-refractivity contribution in [2.75, 3.05) is 0 Å². The van der Waals surface area contributed by atoms with Crippen LogP contribution in [-0.4, -0.2) is 15.6 Å². The maximum Gasteiger partial charge on any atom is 0.266 e. The average molecular weight is 208 g/mol. The van der Waals surface area contributed by atoms with Crippen LogP contribution in [0.5, 0.6) is 0 Å². The highest BCUT2D eigenvalue weighted by atomic mass is 16.1. The number of hydrogen-bond donors (Lipinski definition) is 0. The second-order valence-electron chi connectivity index (χ2n) is 3.70. The number of Topliss-reactive ketones (excluding diaryl/α,β-unsaturated/α-hetero) is 1. The van der Waals surface area contributed by atoms with Gasteiger partial charge in [-0.05, 0) is 32.8 Å². The van der Waals surface area contributed by atoms with Crippen molar-refractivity contribution in [2.45, 2.75) is 39.7 Å². The summed E-state index contributed by atoms with van der Waals surface area (Å²) in [5.41, 5.74) is 0.754. The van der Waals surface area contributed by atoms with Crippen LogP contribution in [-0.2, 0) is 11.3 Å². The molecule has 1 aromatic heterocycles. The Balaban J connectivity index is 2.47. The standard InChI is InChI=1S/C11H16N2O2/c1-9-6-7-11(15)13(12-9)8-4-3-5-10(2)14/h6-7H,3-5,8H2,1-2H3. The van der Waals surface area contributed by atoms with Gasteiger partial charge in [0.15, 0.2) is 0 Å². The molecular weight excluding hydrogens is 192 g/mol. The zero-order chi connectivity index (χ0) is 11.3. The van der Waals surface area contributed by atoms with E-state index in [-0.39, 0.29) is 11.3 Å². The van der Waals surface area contributed by atoms with Gasteiger partial charge in [-0.3, -0.25) is 4.79 Å². The molecular formula is C11H16N2O2. The normalized spacial score (nSPS) is 10.3. The van der Waals surface area contributed by atoms with E-state index < -0.39 is 0 Å². The lowest BCUT2D eigenvalue weighted by molar-refractivity contribution is -0.117. The van der Waals surface area contributed by atoms with Gasteiger partial charge >= 0.3 is 0 Å². The Morgan fingerprint density at radius 2 is 2.13 bits per heavy atom. The van der Waals surface area contributed by atoms with E-state index in [4.69, 9.17) is 0 Å². The lowest BCUT2D eigenvalue weighted by Gasteiger charge is -2.03. The summed E-state index contributed by atoms with van der Waals surface area (Å²) < 4.78 is 1.45. The fourth-order valence-corrected chi connectivity index (χ4v) is 1.35. The molecule has 1 heterocycles. The molecule has 0 fully saturated rings. The number of ketones is 1. The molecule has 4 nitrogen and oxygen atoms in total. The number of unbranched alkanes of at least 4 members (excludes halogenated alkanes) is 1. The van der Waals surface area contributed by atoms with Crippen LogP contribution in [0.4, 0.5) is 0 Å². The molecule has 0 saturated heterocycles. The Labute approximate surface area is 88.9 Å². The molecule has 0 aliphatic heterocycles. The van der Waals surface area contributed by atoms with Crippen LogP contribution in [0.2, 0.25) is 0 Å². The predicted molar refractivity (Wildman–Crippen MR) is 57.8 cm³/mol. The molecule has 0 unspecified atom stereocenters. The zero-order valence-corrected chi connectivity index (χ0v) is 9.19. The van der Waals surface area contributed by atoms with Gasteiger partial charge in [0.05, 0.1) is 5.69 Å². The summed E-state index contributed by atoms with van der Waals surface area (Å²) in [5.74, 6) is 0.194. The molecule has 0 spiro atoms. The first kappa shape index (κ1) is 11.6. The third kappa shape index (κ3) is 4.06. The summed E-state index contributed by atoms with van der Waals surface area (Å²) in [6.07, 6.45) is 2.22. The number of carbonyl (C=O) groups excluding carboxylic acids is 1. The summed E-state index contributed by atoms with van der Waals surface area (Å²) in [5, 5.41) is 4.11. The van der Waals surface area contributed by atoms with Crippen molar-refractivity contribution >= 4 is 5.78 Å². The zero-order valence-electron chi connectivity index (χ0n) is 9.19. The molecule has 0 bridgehead atoms. The van der Waals surface area contributed by atoms with Gasteiger partial charge in [-0.2, -0.15) is 5.10 Å². The average Bonchev–Trinajstić information content (AvgIpc) is 2.17. The van der Waals surface area contributed by atoms with Crippen molar-refractivity contribution < 1.29 is 4.79 Å². The van der Waals surface area contributed by atoms with Gasteiger partial charge in [0.1, 0.15) is 5.78 Å². The van der Waals surface area contributed by atoms with Crippen molar-refractivity contribution in [3.8, 4) is 0 Å². The number of nitrogens with zero attached hydrogens (tertiary/aromatic N) is 2. The topological polar surface area (TPSA) is 52.0 Å². The largest absolute Gasteiger partial charge is 0.300 e. The van der Waals surface area contributed by atoms with E-state index in [0.717, 1.165) is 18.5 Å². The van der Waals surface area contributed by atoms with E-state index in [1.54, 1.807) is 13.0 Å². The molecule has 0 saturated carbocycles. The number of rotatable bonds is 5. The molecule has 82 valence electrons. The summed E-state index contributed by atoms with van der Waals surface area (Å²) in [6, 6.07) is 3.22. The Morgan fingerprint density at radius 3 is 2.80 bits per heavy atom. The van der Waals surface area contributed by atoms with Crippen molar-refractivity contribution in [3.05, 3.63) is 28.2 Å². The Bertz CT molecular complexity index is 396. The Morgan fingerprint density at radius 1 is 1.40 bits per heavy atom. The van der Waals surface area contributed by atoms with Gasteiger partial charge in [0.25, 0.3) is 5.56 Å². The third-order valence-electron chi connectivity index (χ3n) is 2.15. The molecule has 0 aromatic carbocycles. The number of aromatic nitrogens is 2. The summed E-state index contributed by atoms with van der Waals surface area (Å²) >= 11 is 0. The van der Waals surface area contributed by atoms with Crippen LogP contribution in [0.25, 0.3) is 0 Å². The van der Waals surface area contributed by atoms with E-state index in [1.165, 1.54) is 10.7 Å². The SMILES string of the molecule is CC(=O)CCCCn1nc(C)ccc1=O. The maximum atomic E-state index is 11.3. The molecule has 0 atom stereocenters. The van der Waals surface area contributed by atoms with Crippen LogP contribution in [0.3, 0.4) is 0 Å². The van der Waals surface area contributed by atoms with Gasteiger partial charge in [-0.15, -0.1) is 0 Å². The molecule has 4 heteroatoms. The minimum Gasteiger partial charge on any atom is -0.300 e. The molecule has 15 heavy (non-hydrogen) atoms. The first-order valence-electron chi connectivity index (χ1n) is 5.14. The van der Waals surface area contributed by atoms with Crippen molar-refractivity contribution in [1.29, 1.82) is 0 Å². The third-order valence-corrected chi connectivity index (χ3v) is 2.15. The van der Waals surface area contributed by atoms with Crippen molar-refractivity contribution in [2.24, 2.45) is 0 Å². The number of aryl methyl sites for hydroxylation is 2. The summed E-state index contributed by atoms with van der Waals surface area (Å²) in [6.45, 7) is 4.02. The lowest BCUT2D eigenvalue weighted by atomic mass is 10.2. The molecule has 1 aromatic rings. The highest BCUT2D eigenvalue weighted by Gasteiger charge is 1.98. The number of hydrogen-bond acceptors (Lipinski definition) is 3.